The van der Waals surface area contributed by atoms with Crippen LogP contribution >= 0.6 is 0 Å². The van der Waals surface area contributed by atoms with Crippen LogP contribution in [-0.2, 0) is 22.9 Å². The van der Waals surface area contributed by atoms with Gasteiger partial charge in [0.1, 0.15) is 10.6 Å². The van der Waals surface area contributed by atoms with Gasteiger partial charge in [-0.1, -0.05) is 6.07 Å². The summed E-state index contributed by atoms with van der Waals surface area (Å²) in [5, 5.41) is 11.1. The molecule has 0 radical (unpaired) electrons. The molecule has 2 aromatic carbocycles. The molecule has 0 aromatic heterocycles. The molecular weight excluding hydrogens is 356 g/mol. The van der Waals surface area contributed by atoms with E-state index in [9.17, 15) is 18.5 Å². The second-order valence-electron chi connectivity index (χ2n) is 6.29. The van der Waals surface area contributed by atoms with Crippen molar-refractivity contribution in [1.29, 1.82) is 0 Å². The first-order chi connectivity index (χ1) is 12.3. The Kier molecular flexibility index (Phi) is 4.86. The molecule has 0 aliphatic heterocycles. The number of hydrogen-bond acceptors (Lipinski definition) is 5. The molecular formula is C18H20N2O5S. The first-order valence-corrected chi connectivity index (χ1v) is 9.78. The SMILES string of the molecule is COc1cc2c(cc1S(=O)(=O)Nc1cccc([N+](=O)[O-])c1C)CCCC2. The lowest BCUT2D eigenvalue weighted by Gasteiger charge is -2.20. The van der Waals surface area contributed by atoms with E-state index in [1.54, 1.807) is 12.1 Å². The summed E-state index contributed by atoms with van der Waals surface area (Å²) >= 11 is 0. The molecule has 1 aliphatic carbocycles. The Hall–Kier alpha value is -2.61. The van der Waals surface area contributed by atoms with E-state index < -0.39 is 14.9 Å². The molecule has 0 fully saturated rings. The Morgan fingerprint density at radius 3 is 2.42 bits per heavy atom. The number of aryl methyl sites for hydroxylation is 2. The zero-order valence-corrected chi connectivity index (χ0v) is 15.4. The molecule has 1 N–H and O–H groups in total. The number of sulfonamides is 1. The van der Waals surface area contributed by atoms with Crippen molar-refractivity contribution in [3.63, 3.8) is 0 Å². The number of hydrogen-bond donors (Lipinski definition) is 1. The minimum atomic E-state index is -3.95. The fourth-order valence-electron chi connectivity index (χ4n) is 3.24. The van der Waals surface area contributed by atoms with Crippen LogP contribution < -0.4 is 9.46 Å². The number of ether oxygens (including phenoxy) is 1. The van der Waals surface area contributed by atoms with Crippen LogP contribution in [0.4, 0.5) is 11.4 Å². The predicted octanol–water partition coefficient (Wildman–Crippen LogP) is 3.59. The van der Waals surface area contributed by atoms with E-state index in [2.05, 4.69) is 4.72 Å². The normalized spacial score (nSPS) is 13.8. The average Bonchev–Trinajstić information content (AvgIpc) is 2.61. The third-order valence-electron chi connectivity index (χ3n) is 4.66. The predicted molar refractivity (Wildman–Crippen MR) is 98.3 cm³/mol. The van der Waals surface area contributed by atoms with Crippen LogP contribution in [0.25, 0.3) is 0 Å². The highest BCUT2D eigenvalue weighted by Crippen LogP contribution is 2.34. The highest BCUT2D eigenvalue weighted by Gasteiger charge is 2.25. The summed E-state index contributed by atoms with van der Waals surface area (Å²) in [6, 6.07) is 7.73. The van der Waals surface area contributed by atoms with Crippen molar-refractivity contribution in [2.24, 2.45) is 0 Å². The third kappa shape index (κ3) is 3.37. The van der Waals surface area contributed by atoms with Crippen molar-refractivity contribution >= 4 is 21.4 Å². The Balaban J connectivity index is 2.04. The fourth-order valence-corrected chi connectivity index (χ4v) is 4.57. The lowest BCUT2D eigenvalue weighted by molar-refractivity contribution is -0.385. The van der Waals surface area contributed by atoms with Gasteiger partial charge < -0.3 is 4.74 Å². The van der Waals surface area contributed by atoms with Gasteiger partial charge in [0.15, 0.2) is 0 Å². The third-order valence-corrected chi connectivity index (χ3v) is 6.05. The molecule has 0 unspecified atom stereocenters. The quantitative estimate of drug-likeness (QED) is 0.635. The first kappa shape index (κ1) is 18.2. The van der Waals surface area contributed by atoms with Gasteiger partial charge in [0.25, 0.3) is 15.7 Å². The van der Waals surface area contributed by atoms with E-state index in [0.29, 0.717) is 0 Å². The number of anilines is 1. The Labute approximate surface area is 152 Å². The zero-order valence-electron chi connectivity index (χ0n) is 14.6. The van der Waals surface area contributed by atoms with Crippen LogP contribution in [-0.4, -0.2) is 20.5 Å². The topological polar surface area (TPSA) is 98.5 Å². The second kappa shape index (κ2) is 6.95. The van der Waals surface area contributed by atoms with Gasteiger partial charge in [-0.3, -0.25) is 14.8 Å². The minimum absolute atomic E-state index is 0.0477. The van der Waals surface area contributed by atoms with Crippen LogP contribution in [0.2, 0.25) is 0 Å². The molecule has 138 valence electrons. The lowest BCUT2D eigenvalue weighted by Crippen LogP contribution is -2.16. The lowest BCUT2D eigenvalue weighted by atomic mass is 9.92. The largest absolute Gasteiger partial charge is 0.495 e. The van der Waals surface area contributed by atoms with E-state index >= 15 is 0 Å². The summed E-state index contributed by atoms with van der Waals surface area (Å²) in [6.07, 6.45) is 3.84. The maximum Gasteiger partial charge on any atom is 0.274 e. The summed E-state index contributed by atoms with van der Waals surface area (Å²) in [4.78, 5) is 10.6. The monoisotopic (exact) mass is 376 g/mol. The molecule has 0 atom stereocenters. The Morgan fingerprint density at radius 1 is 1.15 bits per heavy atom. The van der Waals surface area contributed by atoms with E-state index in [1.165, 1.54) is 32.2 Å². The maximum atomic E-state index is 12.9. The minimum Gasteiger partial charge on any atom is -0.495 e. The van der Waals surface area contributed by atoms with Crippen molar-refractivity contribution in [2.45, 2.75) is 37.5 Å². The zero-order chi connectivity index (χ0) is 18.9. The van der Waals surface area contributed by atoms with Gasteiger partial charge in [0.05, 0.1) is 23.3 Å². The van der Waals surface area contributed by atoms with Gasteiger partial charge in [-0.05, 0) is 61.9 Å². The molecule has 0 amide bonds. The Morgan fingerprint density at radius 2 is 1.81 bits per heavy atom. The van der Waals surface area contributed by atoms with Crippen molar-refractivity contribution in [3.8, 4) is 5.75 Å². The summed E-state index contributed by atoms with van der Waals surface area (Å²) in [6.45, 7) is 1.51. The molecule has 7 nitrogen and oxygen atoms in total. The smallest absolute Gasteiger partial charge is 0.274 e. The van der Waals surface area contributed by atoms with Crippen LogP contribution in [0.5, 0.6) is 5.75 Å². The number of nitrogens with zero attached hydrogens (tertiary/aromatic N) is 1. The highest BCUT2D eigenvalue weighted by atomic mass is 32.2. The van der Waals surface area contributed by atoms with E-state index in [1.807, 2.05) is 0 Å². The second-order valence-corrected chi connectivity index (χ2v) is 7.94. The number of benzene rings is 2. The number of nitrogens with one attached hydrogen (secondary N) is 1. The average molecular weight is 376 g/mol. The van der Waals surface area contributed by atoms with Crippen LogP contribution in [0, 0.1) is 17.0 Å². The molecule has 0 bridgehead atoms. The van der Waals surface area contributed by atoms with Crippen molar-refractivity contribution in [3.05, 3.63) is 57.1 Å². The first-order valence-electron chi connectivity index (χ1n) is 8.30. The Bertz CT molecular complexity index is 970. The molecule has 0 saturated carbocycles. The molecule has 0 spiro atoms. The number of fused-ring (bicyclic) bond motifs is 1. The van der Waals surface area contributed by atoms with Gasteiger partial charge in [0, 0.05) is 6.07 Å². The van der Waals surface area contributed by atoms with Gasteiger partial charge in [0.2, 0.25) is 0 Å². The molecule has 3 rings (SSSR count). The van der Waals surface area contributed by atoms with Crippen molar-refractivity contribution < 1.29 is 18.1 Å². The molecule has 0 heterocycles. The van der Waals surface area contributed by atoms with Gasteiger partial charge in [-0.2, -0.15) is 0 Å². The van der Waals surface area contributed by atoms with Gasteiger partial charge >= 0.3 is 0 Å². The number of nitro benzene ring substituents is 1. The van der Waals surface area contributed by atoms with E-state index in [-0.39, 0.29) is 27.6 Å². The summed E-state index contributed by atoms with van der Waals surface area (Å²) in [5.74, 6) is 0.279. The number of nitro groups is 1. The molecule has 2 aromatic rings. The fraction of sp³-hybridized carbons (Fsp3) is 0.333. The number of rotatable bonds is 5. The summed E-state index contributed by atoms with van der Waals surface area (Å²) in [7, 11) is -2.52. The van der Waals surface area contributed by atoms with E-state index in [4.69, 9.17) is 4.74 Å². The molecule has 26 heavy (non-hydrogen) atoms. The highest BCUT2D eigenvalue weighted by molar-refractivity contribution is 7.92. The van der Waals surface area contributed by atoms with Crippen molar-refractivity contribution in [1.82, 2.24) is 0 Å². The molecule has 8 heteroatoms. The van der Waals surface area contributed by atoms with Crippen LogP contribution in [0.15, 0.2) is 35.2 Å². The van der Waals surface area contributed by atoms with Crippen molar-refractivity contribution in [2.75, 3.05) is 11.8 Å². The van der Waals surface area contributed by atoms with Gasteiger partial charge in [-0.25, -0.2) is 8.42 Å². The summed E-state index contributed by atoms with van der Waals surface area (Å²) < 4.78 is 33.6. The van der Waals surface area contributed by atoms with Crippen LogP contribution in [0.3, 0.4) is 0 Å². The maximum absolute atomic E-state index is 12.9. The number of methoxy groups -OCH3 is 1. The molecule has 1 aliphatic rings. The van der Waals surface area contributed by atoms with Crippen LogP contribution in [0.1, 0.15) is 29.5 Å². The summed E-state index contributed by atoms with van der Waals surface area (Å²) in [5.41, 5.74) is 2.42. The van der Waals surface area contributed by atoms with Gasteiger partial charge in [-0.15, -0.1) is 0 Å². The standard InChI is InChI=1S/C18H20N2O5S/c1-12-15(8-5-9-16(12)20(21)22)19-26(23,24)18-11-14-7-4-3-6-13(14)10-17(18)25-2/h5,8-11,19H,3-4,6-7H2,1-2H3. The van der Waals surface area contributed by atoms with E-state index in [0.717, 1.165) is 36.8 Å². The molecule has 0 saturated heterocycles.